The van der Waals surface area contributed by atoms with Crippen molar-refractivity contribution < 1.29 is 0 Å². The van der Waals surface area contributed by atoms with Crippen LogP contribution in [0.3, 0.4) is 0 Å². The zero-order chi connectivity index (χ0) is 11.0. The Morgan fingerprint density at radius 2 is 1.67 bits per heavy atom. The Labute approximate surface area is 95.8 Å². The second-order valence-electron chi connectivity index (χ2n) is 6.59. The van der Waals surface area contributed by atoms with Gasteiger partial charge in [0.1, 0.15) is 0 Å². The number of hydrogen-bond acceptors (Lipinski definition) is 0. The first-order valence-corrected chi connectivity index (χ1v) is 7.11. The fraction of sp³-hybridized carbons (Fsp3) is 1.00. The zero-order valence-corrected chi connectivity index (χ0v) is 11.0. The van der Waals surface area contributed by atoms with E-state index in [0.29, 0.717) is 0 Å². The molecule has 2 fully saturated rings. The molecular weight excluding hydrogens is 180 g/mol. The van der Waals surface area contributed by atoms with Crippen LogP contribution in [0.15, 0.2) is 0 Å². The van der Waals surface area contributed by atoms with Gasteiger partial charge in [0.2, 0.25) is 0 Å². The Balaban J connectivity index is 2.10. The van der Waals surface area contributed by atoms with Crippen LogP contribution in [-0.2, 0) is 0 Å². The van der Waals surface area contributed by atoms with Crippen LogP contribution in [0.25, 0.3) is 0 Å². The van der Waals surface area contributed by atoms with E-state index in [1.165, 1.54) is 32.1 Å². The van der Waals surface area contributed by atoms with Crippen LogP contribution in [0.2, 0.25) is 0 Å². The van der Waals surface area contributed by atoms with Gasteiger partial charge in [-0.2, -0.15) is 0 Å². The summed E-state index contributed by atoms with van der Waals surface area (Å²) in [6, 6.07) is 0. The summed E-state index contributed by atoms with van der Waals surface area (Å²) in [5.41, 5.74) is 0. The first-order chi connectivity index (χ1) is 7.11. The minimum absolute atomic E-state index is 0.898. The van der Waals surface area contributed by atoms with E-state index < -0.39 is 0 Å². The zero-order valence-electron chi connectivity index (χ0n) is 11.0. The molecule has 0 saturated heterocycles. The molecule has 0 nitrogen and oxygen atoms in total. The van der Waals surface area contributed by atoms with Gasteiger partial charge in [0.25, 0.3) is 0 Å². The summed E-state index contributed by atoms with van der Waals surface area (Å²) in [7, 11) is 0. The molecule has 0 radical (unpaired) electrons. The highest BCUT2D eigenvalue weighted by Crippen LogP contribution is 2.50. The van der Waals surface area contributed by atoms with Gasteiger partial charge < -0.3 is 0 Å². The Morgan fingerprint density at radius 1 is 0.933 bits per heavy atom. The molecule has 2 rings (SSSR count). The average molecular weight is 208 g/mol. The summed E-state index contributed by atoms with van der Waals surface area (Å²) >= 11 is 0. The third-order valence-electron chi connectivity index (χ3n) is 5.45. The van der Waals surface area contributed by atoms with Crippen LogP contribution in [-0.4, -0.2) is 0 Å². The molecule has 0 spiro atoms. The van der Waals surface area contributed by atoms with E-state index in [1.807, 2.05) is 0 Å². The monoisotopic (exact) mass is 208 g/mol. The third-order valence-corrected chi connectivity index (χ3v) is 5.45. The van der Waals surface area contributed by atoms with E-state index in [0.717, 1.165) is 35.5 Å². The van der Waals surface area contributed by atoms with Crippen LogP contribution in [0, 0.1) is 35.5 Å². The van der Waals surface area contributed by atoms with Crippen molar-refractivity contribution in [3.63, 3.8) is 0 Å². The van der Waals surface area contributed by atoms with Crippen molar-refractivity contribution in [2.75, 3.05) is 0 Å². The molecule has 0 aromatic heterocycles. The van der Waals surface area contributed by atoms with E-state index in [4.69, 9.17) is 0 Å². The molecule has 88 valence electrons. The van der Waals surface area contributed by atoms with Gasteiger partial charge in [-0.3, -0.25) is 0 Å². The van der Waals surface area contributed by atoms with Gasteiger partial charge in [0, 0.05) is 0 Å². The van der Waals surface area contributed by atoms with Gasteiger partial charge in [-0.05, 0) is 48.3 Å². The lowest BCUT2D eigenvalue weighted by atomic mass is 9.57. The molecule has 2 aliphatic carbocycles. The van der Waals surface area contributed by atoms with E-state index in [2.05, 4.69) is 27.7 Å². The maximum absolute atomic E-state index is 2.54. The van der Waals surface area contributed by atoms with Gasteiger partial charge in [0.05, 0.1) is 0 Å². The molecule has 0 heteroatoms. The molecule has 2 saturated carbocycles. The van der Waals surface area contributed by atoms with Crippen molar-refractivity contribution in [3.05, 3.63) is 0 Å². The number of fused-ring (bicyclic) bond motifs is 1. The van der Waals surface area contributed by atoms with Crippen molar-refractivity contribution in [1.82, 2.24) is 0 Å². The summed E-state index contributed by atoms with van der Waals surface area (Å²) in [6.07, 6.45) is 7.57. The predicted molar refractivity (Wildman–Crippen MR) is 66.7 cm³/mol. The first kappa shape index (κ1) is 11.5. The summed E-state index contributed by atoms with van der Waals surface area (Å²) in [4.78, 5) is 0. The van der Waals surface area contributed by atoms with Crippen LogP contribution in [0.5, 0.6) is 0 Å². The van der Waals surface area contributed by atoms with Crippen molar-refractivity contribution in [1.29, 1.82) is 0 Å². The highest BCUT2D eigenvalue weighted by molar-refractivity contribution is 4.91. The molecule has 2 aliphatic rings. The lowest BCUT2D eigenvalue weighted by Gasteiger charge is -2.48. The lowest BCUT2D eigenvalue weighted by molar-refractivity contribution is 0.00963. The topological polar surface area (TPSA) is 0 Å². The molecule has 0 heterocycles. The maximum Gasteiger partial charge on any atom is -0.0332 e. The van der Waals surface area contributed by atoms with E-state index in [1.54, 1.807) is 0 Å². The quantitative estimate of drug-likeness (QED) is 0.584. The molecule has 0 aromatic carbocycles. The van der Waals surface area contributed by atoms with E-state index >= 15 is 0 Å². The maximum atomic E-state index is 2.54. The van der Waals surface area contributed by atoms with Gasteiger partial charge in [-0.15, -0.1) is 0 Å². The van der Waals surface area contributed by atoms with Gasteiger partial charge in [-0.25, -0.2) is 0 Å². The minimum Gasteiger partial charge on any atom is -0.0625 e. The third kappa shape index (κ3) is 2.10. The van der Waals surface area contributed by atoms with Crippen LogP contribution < -0.4 is 0 Å². The minimum atomic E-state index is 0.898. The molecule has 4 unspecified atom stereocenters. The Kier molecular flexibility index (Phi) is 3.42. The Hall–Kier alpha value is 0. The number of hydrogen-bond donors (Lipinski definition) is 0. The normalized spacial score (nSPS) is 46.6. The van der Waals surface area contributed by atoms with Crippen LogP contribution >= 0.6 is 0 Å². The second kappa shape index (κ2) is 4.47. The van der Waals surface area contributed by atoms with Gasteiger partial charge in [-0.1, -0.05) is 47.0 Å². The van der Waals surface area contributed by atoms with Crippen molar-refractivity contribution >= 4 is 0 Å². The predicted octanol–water partition coefficient (Wildman–Crippen LogP) is 4.74. The molecule has 0 bridgehead atoms. The largest absolute Gasteiger partial charge is 0.0625 e. The smallest absolute Gasteiger partial charge is 0.0332 e. The summed E-state index contributed by atoms with van der Waals surface area (Å²) in [5.74, 6) is 6.03. The highest BCUT2D eigenvalue weighted by Gasteiger charge is 2.41. The highest BCUT2D eigenvalue weighted by atomic mass is 14.5. The summed E-state index contributed by atoms with van der Waals surface area (Å²) in [6.45, 7) is 9.91. The molecule has 0 N–H and O–H groups in total. The SMILES string of the molecule is CC(C)C1CCC2CCCC(C)C2[C@H]1C. The van der Waals surface area contributed by atoms with Crippen LogP contribution in [0.1, 0.15) is 59.8 Å². The molecule has 0 aromatic rings. The summed E-state index contributed by atoms with van der Waals surface area (Å²) in [5, 5.41) is 0. The first-order valence-electron chi connectivity index (χ1n) is 7.11. The molecule has 0 aliphatic heterocycles. The van der Waals surface area contributed by atoms with Gasteiger partial charge >= 0.3 is 0 Å². The average Bonchev–Trinajstić information content (AvgIpc) is 2.17. The standard InChI is InChI=1S/C15H28/c1-10(2)14-9-8-13-7-5-6-11(3)15(13)12(14)4/h10-15H,5-9H2,1-4H3/t11?,12-,13?,14?,15?/m0/s1. The van der Waals surface area contributed by atoms with Crippen LogP contribution in [0.4, 0.5) is 0 Å². The molecular formula is C15H28. The Bertz CT molecular complexity index is 206. The fourth-order valence-corrected chi connectivity index (χ4v) is 4.73. The summed E-state index contributed by atoms with van der Waals surface area (Å²) < 4.78 is 0. The second-order valence-corrected chi connectivity index (χ2v) is 6.59. The van der Waals surface area contributed by atoms with E-state index in [9.17, 15) is 0 Å². The Morgan fingerprint density at radius 3 is 2.33 bits per heavy atom. The van der Waals surface area contributed by atoms with E-state index in [-0.39, 0.29) is 0 Å². The molecule has 0 amide bonds. The lowest BCUT2D eigenvalue weighted by Crippen LogP contribution is -2.40. The van der Waals surface area contributed by atoms with Crippen molar-refractivity contribution in [3.8, 4) is 0 Å². The molecule has 5 atom stereocenters. The van der Waals surface area contributed by atoms with Crippen molar-refractivity contribution in [2.45, 2.75) is 59.8 Å². The fourth-order valence-electron chi connectivity index (χ4n) is 4.73. The number of rotatable bonds is 1. The van der Waals surface area contributed by atoms with Crippen molar-refractivity contribution in [2.24, 2.45) is 35.5 Å². The molecule has 15 heavy (non-hydrogen) atoms. The van der Waals surface area contributed by atoms with Gasteiger partial charge in [0.15, 0.2) is 0 Å².